The minimum atomic E-state index is 0.282. The highest BCUT2D eigenvalue weighted by atomic mass is 16.2. The van der Waals surface area contributed by atoms with E-state index in [1.54, 1.807) is 0 Å². The van der Waals surface area contributed by atoms with Crippen LogP contribution in [0.4, 0.5) is 0 Å². The minimum Gasteiger partial charge on any atom is -0.342 e. The molecule has 1 aliphatic heterocycles. The highest BCUT2D eigenvalue weighted by Gasteiger charge is 2.25. The van der Waals surface area contributed by atoms with E-state index in [4.69, 9.17) is 5.26 Å². The molecule has 0 radical (unpaired) electrons. The van der Waals surface area contributed by atoms with Crippen molar-refractivity contribution < 1.29 is 4.79 Å². The summed E-state index contributed by atoms with van der Waals surface area (Å²) in [6, 6.07) is 2.11. The van der Waals surface area contributed by atoms with E-state index >= 15 is 0 Å². The zero-order valence-electron chi connectivity index (χ0n) is 8.12. The van der Waals surface area contributed by atoms with Gasteiger partial charge in [0.15, 0.2) is 0 Å². The van der Waals surface area contributed by atoms with Gasteiger partial charge in [-0.1, -0.05) is 6.92 Å². The van der Waals surface area contributed by atoms with Gasteiger partial charge in [0.05, 0.1) is 6.07 Å². The minimum absolute atomic E-state index is 0.282. The lowest BCUT2D eigenvalue weighted by Gasteiger charge is -2.14. The molecule has 0 N–H and O–H groups in total. The van der Waals surface area contributed by atoms with E-state index in [0.717, 1.165) is 25.9 Å². The summed E-state index contributed by atoms with van der Waals surface area (Å²) >= 11 is 0. The first-order chi connectivity index (χ1) is 6.24. The summed E-state index contributed by atoms with van der Waals surface area (Å²) in [6.07, 6.45) is 3.19. The summed E-state index contributed by atoms with van der Waals surface area (Å²) in [5.74, 6) is 0.799. The Morgan fingerprint density at radius 3 is 2.92 bits per heavy atom. The van der Waals surface area contributed by atoms with Crippen molar-refractivity contribution in [3.63, 3.8) is 0 Å². The molecule has 13 heavy (non-hydrogen) atoms. The molecular weight excluding hydrogens is 164 g/mol. The van der Waals surface area contributed by atoms with Crippen molar-refractivity contribution in [3.8, 4) is 6.07 Å². The fourth-order valence-corrected chi connectivity index (χ4v) is 1.69. The number of nitriles is 1. The molecule has 1 aliphatic rings. The first-order valence-electron chi connectivity index (χ1n) is 4.88. The normalized spacial score (nSPS) is 22.0. The van der Waals surface area contributed by atoms with E-state index in [9.17, 15) is 4.79 Å². The molecular formula is C10H16N2O. The highest BCUT2D eigenvalue weighted by molar-refractivity contribution is 5.78. The molecule has 1 fully saturated rings. The van der Waals surface area contributed by atoms with E-state index in [1.807, 2.05) is 4.90 Å². The summed E-state index contributed by atoms with van der Waals surface area (Å²) in [5.41, 5.74) is 0. The highest BCUT2D eigenvalue weighted by Crippen LogP contribution is 2.17. The second-order valence-electron chi connectivity index (χ2n) is 3.76. The quantitative estimate of drug-likeness (QED) is 0.616. The Bertz CT molecular complexity index is 219. The molecule has 0 aromatic rings. The Balaban J connectivity index is 2.15. The Morgan fingerprint density at radius 1 is 1.62 bits per heavy atom. The van der Waals surface area contributed by atoms with E-state index in [0.29, 0.717) is 18.8 Å². The van der Waals surface area contributed by atoms with Crippen LogP contribution in [0.25, 0.3) is 0 Å². The monoisotopic (exact) mass is 180 g/mol. The summed E-state index contributed by atoms with van der Waals surface area (Å²) in [5, 5.41) is 8.32. The van der Waals surface area contributed by atoms with E-state index in [1.165, 1.54) is 0 Å². The van der Waals surface area contributed by atoms with Crippen LogP contribution < -0.4 is 0 Å². The summed E-state index contributed by atoms with van der Waals surface area (Å²) in [6.45, 7) is 3.85. The van der Waals surface area contributed by atoms with Crippen LogP contribution in [0.2, 0.25) is 0 Å². The van der Waals surface area contributed by atoms with Gasteiger partial charge in [-0.3, -0.25) is 4.79 Å². The van der Waals surface area contributed by atoms with E-state index in [2.05, 4.69) is 13.0 Å². The van der Waals surface area contributed by atoms with Crippen molar-refractivity contribution in [2.75, 3.05) is 13.1 Å². The lowest BCUT2D eigenvalue weighted by atomic mass is 10.2. The van der Waals surface area contributed by atoms with Gasteiger partial charge < -0.3 is 4.90 Å². The van der Waals surface area contributed by atoms with Gasteiger partial charge in [-0.05, 0) is 18.8 Å². The van der Waals surface area contributed by atoms with Crippen molar-refractivity contribution >= 4 is 5.91 Å². The number of nitrogens with zero attached hydrogens (tertiary/aromatic N) is 2. The number of carbonyl (C=O) groups is 1. The predicted octanol–water partition coefficient (Wildman–Crippen LogP) is 1.55. The van der Waals surface area contributed by atoms with Crippen LogP contribution in [0.15, 0.2) is 0 Å². The average Bonchev–Trinajstić information content (AvgIpc) is 2.39. The molecule has 0 aliphatic carbocycles. The van der Waals surface area contributed by atoms with Gasteiger partial charge >= 0.3 is 0 Å². The smallest absolute Gasteiger partial charge is 0.222 e. The molecule has 1 heterocycles. The third-order valence-corrected chi connectivity index (χ3v) is 2.37. The standard InChI is InChI=1S/C10H16N2O/c1-9-7-10(13)12(8-9)6-4-2-3-5-11/h9H,2-4,6-8H2,1H3. The summed E-state index contributed by atoms with van der Waals surface area (Å²) in [7, 11) is 0. The lowest BCUT2D eigenvalue weighted by Crippen LogP contribution is -2.26. The Labute approximate surface area is 79.3 Å². The van der Waals surface area contributed by atoms with Gasteiger partial charge in [0.25, 0.3) is 0 Å². The molecule has 0 spiro atoms. The molecule has 1 saturated heterocycles. The number of unbranched alkanes of at least 4 members (excludes halogenated alkanes) is 2. The number of carbonyl (C=O) groups excluding carboxylic acids is 1. The topological polar surface area (TPSA) is 44.1 Å². The maximum Gasteiger partial charge on any atom is 0.222 e. The molecule has 0 aromatic carbocycles. The second kappa shape index (κ2) is 4.86. The number of rotatable bonds is 4. The maximum absolute atomic E-state index is 11.3. The Hall–Kier alpha value is -1.04. The Kier molecular flexibility index (Phi) is 3.75. The maximum atomic E-state index is 11.3. The van der Waals surface area contributed by atoms with Gasteiger partial charge in [-0.15, -0.1) is 0 Å². The van der Waals surface area contributed by atoms with Gasteiger partial charge in [-0.2, -0.15) is 5.26 Å². The van der Waals surface area contributed by atoms with Crippen LogP contribution in [-0.4, -0.2) is 23.9 Å². The first-order valence-corrected chi connectivity index (χ1v) is 4.88. The summed E-state index contributed by atoms with van der Waals surface area (Å²) in [4.78, 5) is 13.2. The van der Waals surface area contributed by atoms with Gasteiger partial charge in [0.1, 0.15) is 0 Å². The van der Waals surface area contributed by atoms with Crippen molar-refractivity contribution in [3.05, 3.63) is 0 Å². The third kappa shape index (κ3) is 3.06. The van der Waals surface area contributed by atoms with Crippen LogP contribution >= 0.6 is 0 Å². The van der Waals surface area contributed by atoms with Gasteiger partial charge in [-0.25, -0.2) is 0 Å². The van der Waals surface area contributed by atoms with Crippen LogP contribution in [0.1, 0.15) is 32.6 Å². The lowest BCUT2D eigenvalue weighted by molar-refractivity contribution is -0.127. The molecule has 0 aromatic heterocycles. The van der Waals surface area contributed by atoms with Crippen LogP contribution in [-0.2, 0) is 4.79 Å². The fraction of sp³-hybridized carbons (Fsp3) is 0.800. The molecule has 0 saturated carbocycles. The summed E-state index contributed by atoms with van der Waals surface area (Å²) < 4.78 is 0. The molecule has 1 rings (SSSR count). The Morgan fingerprint density at radius 2 is 2.38 bits per heavy atom. The fourth-order valence-electron chi connectivity index (χ4n) is 1.69. The van der Waals surface area contributed by atoms with E-state index < -0.39 is 0 Å². The van der Waals surface area contributed by atoms with E-state index in [-0.39, 0.29) is 5.91 Å². The van der Waals surface area contributed by atoms with Crippen molar-refractivity contribution in [2.45, 2.75) is 32.6 Å². The average molecular weight is 180 g/mol. The number of amides is 1. The first kappa shape index (κ1) is 10.0. The second-order valence-corrected chi connectivity index (χ2v) is 3.76. The number of hydrogen-bond acceptors (Lipinski definition) is 2. The van der Waals surface area contributed by atoms with Crippen LogP contribution in [0, 0.1) is 17.2 Å². The van der Waals surface area contributed by atoms with Gasteiger partial charge in [0.2, 0.25) is 5.91 Å². The molecule has 1 atom stereocenters. The molecule has 72 valence electrons. The third-order valence-electron chi connectivity index (χ3n) is 2.37. The number of hydrogen-bond donors (Lipinski definition) is 0. The van der Waals surface area contributed by atoms with Crippen molar-refractivity contribution in [1.29, 1.82) is 5.26 Å². The van der Waals surface area contributed by atoms with Crippen molar-refractivity contribution in [1.82, 2.24) is 4.90 Å². The van der Waals surface area contributed by atoms with Crippen molar-refractivity contribution in [2.24, 2.45) is 5.92 Å². The van der Waals surface area contributed by atoms with Crippen LogP contribution in [0.5, 0.6) is 0 Å². The molecule has 0 bridgehead atoms. The molecule has 3 nitrogen and oxygen atoms in total. The largest absolute Gasteiger partial charge is 0.342 e. The molecule has 3 heteroatoms. The molecule has 1 amide bonds. The number of likely N-dealkylation sites (tertiary alicyclic amines) is 1. The SMILES string of the molecule is CC1CC(=O)N(CCCCC#N)C1. The predicted molar refractivity (Wildman–Crippen MR) is 49.8 cm³/mol. The zero-order valence-corrected chi connectivity index (χ0v) is 8.12. The zero-order chi connectivity index (χ0) is 9.68. The van der Waals surface area contributed by atoms with Gasteiger partial charge in [0, 0.05) is 25.9 Å². The molecule has 1 unspecified atom stereocenters. The van der Waals surface area contributed by atoms with Crippen LogP contribution in [0.3, 0.4) is 0 Å².